The third-order valence-electron chi connectivity index (χ3n) is 3.11. The van der Waals surface area contributed by atoms with Gasteiger partial charge in [0.2, 0.25) is 0 Å². The van der Waals surface area contributed by atoms with Crippen LogP contribution in [0.15, 0.2) is 30.3 Å². The third kappa shape index (κ3) is 2.43. The van der Waals surface area contributed by atoms with E-state index in [-0.39, 0.29) is 0 Å². The van der Waals surface area contributed by atoms with Gasteiger partial charge in [0, 0.05) is 11.6 Å². The Morgan fingerprint density at radius 3 is 2.56 bits per heavy atom. The average molecular weight is 244 g/mol. The minimum atomic E-state index is 0.392. The summed E-state index contributed by atoms with van der Waals surface area (Å²) in [5, 5.41) is 8.52. The first-order valence-corrected chi connectivity index (χ1v) is 6.47. The Balaban J connectivity index is 2.46. The van der Waals surface area contributed by atoms with Crippen molar-refractivity contribution in [2.45, 2.75) is 39.2 Å². The molecule has 0 saturated carbocycles. The van der Waals surface area contributed by atoms with Crippen molar-refractivity contribution >= 4 is 0 Å². The maximum atomic E-state index is 5.75. The smallest absolute Gasteiger partial charge is 0.151 e. The summed E-state index contributed by atoms with van der Waals surface area (Å²) in [6.07, 6.45) is 2.25. The second-order valence-electron chi connectivity index (χ2n) is 4.54. The second kappa shape index (κ2) is 5.78. The predicted octanol–water partition coefficient (Wildman–Crippen LogP) is 2.63. The van der Waals surface area contributed by atoms with Crippen molar-refractivity contribution in [3.63, 3.8) is 0 Å². The Morgan fingerprint density at radius 1 is 1.22 bits per heavy atom. The van der Waals surface area contributed by atoms with Crippen molar-refractivity contribution in [3.05, 3.63) is 42.0 Å². The van der Waals surface area contributed by atoms with E-state index in [2.05, 4.69) is 40.7 Å². The molecule has 0 saturated heterocycles. The quantitative estimate of drug-likeness (QED) is 0.879. The van der Waals surface area contributed by atoms with E-state index in [0.717, 1.165) is 30.2 Å². The Labute approximate surface area is 108 Å². The number of rotatable bonds is 5. The van der Waals surface area contributed by atoms with Gasteiger partial charge in [-0.3, -0.25) is 4.57 Å². The van der Waals surface area contributed by atoms with Crippen LogP contribution in [0.4, 0.5) is 0 Å². The van der Waals surface area contributed by atoms with Crippen LogP contribution in [0.5, 0.6) is 0 Å². The minimum absolute atomic E-state index is 0.392. The fourth-order valence-electron chi connectivity index (χ4n) is 2.20. The lowest BCUT2D eigenvalue weighted by Crippen LogP contribution is -2.11. The van der Waals surface area contributed by atoms with Crippen LogP contribution in [0.1, 0.15) is 44.3 Å². The highest BCUT2D eigenvalue weighted by Crippen LogP contribution is 2.23. The van der Waals surface area contributed by atoms with Crippen LogP contribution < -0.4 is 5.73 Å². The van der Waals surface area contributed by atoms with Crippen LogP contribution >= 0.6 is 0 Å². The van der Waals surface area contributed by atoms with E-state index in [1.165, 1.54) is 0 Å². The van der Waals surface area contributed by atoms with Gasteiger partial charge in [-0.05, 0) is 18.6 Å². The van der Waals surface area contributed by atoms with Gasteiger partial charge in [-0.15, -0.1) is 10.2 Å². The van der Waals surface area contributed by atoms with E-state index in [4.69, 9.17) is 5.73 Å². The molecule has 96 valence electrons. The molecule has 0 aliphatic heterocycles. The van der Waals surface area contributed by atoms with Crippen molar-refractivity contribution in [1.82, 2.24) is 14.8 Å². The number of benzene rings is 1. The lowest BCUT2D eigenvalue weighted by Gasteiger charge is -2.13. The molecular formula is C14H20N4. The van der Waals surface area contributed by atoms with Crippen LogP contribution in [0.3, 0.4) is 0 Å². The summed E-state index contributed by atoms with van der Waals surface area (Å²) in [5.41, 5.74) is 6.84. The van der Waals surface area contributed by atoms with E-state index < -0.39 is 0 Å². The van der Waals surface area contributed by atoms with Gasteiger partial charge < -0.3 is 5.73 Å². The molecule has 2 rings (SSSR count). The molecule has 0 aliphatic rings. The van der Waals surface area contributed by atoms with Gasteiger partial charge in [-0.2, -0.15) is 0 Å². The average Bonchev–Trinajstić information content (AvgIpc) is 2.83. The van der Waals surface area contributed by atoms with Crippen molar-refractivity contribution in [2.75, 3.05) is 0 Å². The summed E-state index contributed by atoms with van der Waals surface area (Å²) in [6.45, 7) is 4.78. The number of para-hydroxylation sites is 1. The molecule has 4 nitrogen and oxygen atoms in total. The van der Waals surface area contributed by atoms with Gasteiger partial charge in [0.25, 0.3) is 0 Å². The topological polar surface area (TPSA) is 56.7 Å². The van der Waals surface area contributed by atoms with E-state index in [9.17, 15) is 0 Å². The summed E-state index contributed by atoms with van der Waals surface area (Å²) < 4.78 is 2.08. The highest BCUT2D eigenvalue weighted by Gasteiger charge is 2.17. The SMILES string of the molecule is CCCC(C)c1nnc(CN)n1-c1ccccc1. The van der Waals surface area contributed by atoms with Crippen molar-refractivity contribution < 1.29 is 0 Å². The fraction of sp³-hybridized carbons (Fsp3) is 0.429. The zero-order valence-electron chi connectivity index (χ0n) is 11.0. The largest absolute Gasteiger partial charge is 0.324 e. The van der Waals surface area contributed by atoms with Gasteiger partial charge in [0.15, 0.2) is 5.82 Å². The third-order valence-corrected chi connectivity index (χ3v) is 3.11. The molecular weight excluding hydrogens is 224 g/mol. The summed E-state index contributed by atoms with van der Waals surface area (Å²) >= 11 is 0. The molecule has 1 aromatic carbocycles. The standard InChI is InChI=1S/C14H20N4/c1-3-7-11(2)14-17-16-13(10-15)18(14)12-8-5-4-6-9-12/h4-6,8-9,11H,3,7,10,15H2,1-2H3. The number of hydrogen-bond acceptors (Lipinski definition) is 3. The monoisotopic (exact) mass is 244 g/mol. The summed E-state index contributed by atoms with van der Waals surface area (Å²) in [5.74, 6) is 2.21. The molecule has 4 heteroatoms. The zero-order valence-corrected chi connectivity index (χ0v) is 11.0. The number of aromatic nitrogens is 3. The minimum Gasteiger partial charge on any atom is -0.324 e. The molecule has 2 aromatic rings. The molecule has 1 aromatic heterocycles. The maximum Gasteiger partial charge on any atom is 0.151 e. The predicted molar refractivity (Wildman–Crippen MR) is 72.6 cm³/mol. The summed E-state index contributed by atoms with van der Waals surface area (Å²) in [6, 6.07) is 10.2. The molecule has 2 N–H and O–H groups in total. The van der Waals surface area contributed by atoms with Crippen molar-refractivity contribution in [2.24, 2.45) is 5.73 Å². The van der Waals surface area contributed by atoms with E-state index in [0.29, 0.717) is 12.5 Å². The van der Waals surface area contributed by atoms with Gasteiger partial charge in [-0.1, -0.05) is 38.5 Å². The lowest BCUT2D eigenvalue weighted by molar-refractivity contribution is 0.612. The molecule has 0 amide bonds. The molecule has 1 atom stereocenters. The second-order valence-corrected chi connectivity index (χ2v) is 4.54. The Morgan fingerprint density at radius 2 is 1.94 bits per heavy atom. The van der Waals surface area contributed by atoms with Gasteiger partial charge in [-0.25, -0.2) is 0 Å². The molecule has 0 spiro atoms. The first kappa shape index (κ1) is 12.8. The highest BCUT2D eigenvalue weighted by atomic mass is 15.3. The summed E-state index contributed by atoms with van der Waals surface area (Å²) in [7, 11) is 0. The Kier molecular flexibility index (Phi) is 4.10. The van der Waals surface area contributed by atoms with Gasteiger partial charge >= 0.3 is 0 Å². The van der Waals surface area contributed by atoms with Gasteiger partial charge in [0.1, 0.15) is 5.82 Å². The van der Waals surface area contributed by atoms with Crippen LogP contribution in [-0.4, -0.2) is 14.8 Å². The van der Waals surface area contributed by atoms with Crippen molar-refractivity contribution in [1.29, 1.82) is 0 Å². The number of nitrogens with two attached hydrogens (primary N) is 1. The molecule has 0 radical (unpaired) electrons. The molecule has 18 heavy (non-hydrogen) atoms. The highest BCUT2D eigenvalue weighted by molar-refractivity contribution is 5.34. The van der Waals surface area contributed by atoms with E-state index in [1.54, 1.807) is 0 Å². The molecule has 0 fully saturated rings. The first-order valence-electron chi connectivity index (χ1n) is 6.47. The van der Waals surface area contributed by atoms with Gasteiger partial charge in [0.05, 0.1) is 6.54 Å². The normalized spacial score (nSPS) is 12.6. The zero-order chi connectivity index (χ0) is 13.0. The molecule has 0 aliphatic carbocycles. The Bertz CT molecular complexity index is 490. The van der Waals surface area contributed by atoms with E-state index >= 15 is 0 Å². The lowest BCUT2D eigenvalue weighted by atomic mass is 10.1. The molecule has 0 bridgehead atoms. The maximum absolute atomic E-state index is 5.75. The molecule has 1 heterocycles. The first-order chi connectivity index (χ1) is 8.77. The van der Waals surface area contributed by atoms with Crippen LogP contribution in [0.2, 0.25) is 0 Å². The summed E-state index contributed by atoms with van der Waals surface area (Å²) in [4.78, 5) is 0. The van der Waals surface area contributed by atoms with E-state index in [1.807, 2.05) is 18.2 Å². The number of hydrogen-bond donors (Lipinski definition) is 1. The Hall–Kier alpha value is -1.68. The number of nitrogens with zero attached hydrogens (tertiary/aromatic N) is 3. The fourth-order valence-corrected chi connectivity index (χ4v) is 2.20. The van der Waals surface area contributed by atoms with Crippen LogP contribution in [0, 0.1) is 0 Å². The molecule has 1 unspecified atom stereocenters. The van der Waals surface area contributed by atoms with Crippen LogP contribution in [0.25, 0.3) is 5.69 Å². The van der Waals surface area contributed by atoms with Crippen LogP contribution in [-0.2, 0) is 6.54 Å². The van der Waals surface area contributed by atoms with Crippen molar-refractivity contribution in [3.8, 4) is 5.69 Å².